The van der Waals surface area contributed by atoms with E-state index in [0.717, 1.165) is 11.1 Å². The first-order valence-corrected chi connectivity index (χ1v) is 8.51. The van der Waals surface area contributed by atoms with Crippen molar-refractivity contribution in [2.45, 2.75) is 31.8 Å². The second-order valence-electron chi connectivity index (χ2n) is 7.32. The van der Waals surface area contributed by atoms with Gasteiger partial charge in [-0.25, -0.2) is 4.39 Å². The Morgan fingerprint density at radius 3 is 2.69 bits per heavy atom. The van der Waals surface area contributed by atoms with Crippen LogP contribution in [0.15, 0.2) is 18.5 Å². The van der Waals surface area contributed by atoms with E-state index in [4.69, 9.17) is 4.74 Å². The molecule has 4 atom stereocenters. The van der Waals surface area contributed by atoms with Crippen molar-refractivity contribution in [2.24, 2.45) is 17.8 Å². The summed E-state index contributed by atoms with van der Waals surface area (Å²) in [4.78, 5) is 43.1. The zero-order chi connectivity index (χ0) is 19.2. The smallest absolute Gasteiger partial charge is 0.326 e. The first-order valence-electron chi connectivity index (χ1n) is 8.51. The normalized spacial score (nSPS) is 30.8. The van der Waals surface area contributed by atoms with Crippen LogP contribution in [-0.2, 0) is 19.1 Å². The predicted molar refractivity (Wildman–Crippen MR) is 89.0 cm³/mol. The van der Waals surface area contributed by atoms with E-state index in [9.17, 15) is 18.8 Å². The number of aromatic nitrogens is 1. The van der Waals surface area contributed by atoms with Crippen LogP contribution in [0.2, 0.25) is 0 Å². The fraction of sp³-hybridized carbons (Fsp3) is 0.556. The van der Waals surface area contributed by atoms with Gasteiger partial charge in [-0.15, -0.1) is 0 Å². The van der Waals surface area contributed by atoms with Crippen LogP contribution in [0.4, 0.5) is 4.39 Å². The quantitative estimate of drug-likeness (QED) is 0.636. The average Bonchev–Trinajstić information content (AvgIpc) is 3.04. The highest BCUT2D eigenvalue weighted by molar-refractivity contribution is 6.09. The Kier molecular flexibility index (Phi) is 4.56. The molecule has 1 N–H and O–H groups in total. The number of halogens is 1. The lowest BCUT2D eigenvalue weighted by molar-refractivity contribution is -0.154. The maximum atomic E-state index is 14.4. The van der Waals surface area contributed by atoms with E-state index in [1.807, 2.05) is 13.8 Å². The van der Waals surface area contributed by atoms with Gasteiger partial charge < -0.3 is 4.74 Å². The van der Waals surface area contributed by atoms with E-state index in [1.54, 1.807) is 0 Å². The van der Waals surface area contributed by atoms with Gasteiger partial charge in [0.2, 0.25) is 11.8 Å². The van der Waals surface area contributed by atoms with Gasteiger partial charge in [-0.05, 0) is 18.4 Å². The molecule has 2 amide bonds. The summed E-state index contributed by atoms with van der Waals surface area (Å²) < 4.78 is 19.4. The van der Waals surface area contributed by atoms with Gasteiger partial charge in [0.1, 0.15) is 11.4 Å². The van der Waals surface area contributed by atoms with Gasteiger partial charge in [0.05, 0.1) is 25.1 Å². The molecule has 2 fully saturated rings. The summed E-state index contributed by atoms with van der Waals surface area (Å²) in [5, 5.41) is 3.12. The Balaban J connectivity index is 2.18. The number of rotatable bonds is 4. The molecule has 3 rings (SSSR count). The van der Waals surface area contributed by atoms with E-state index in [2.05, 4.69) is 10.3 Å². The molecule has 0 aliphatic carbocycles. The molecule has 0 radical (unpaired) electrons. The summed E-state index contributed by atoms with van der Waals surface area (Å²) in [6.07, 6.45) is 2.76. The van der Waals surface area contributed by atoms with Crippen LogP contribution in [0.25, 0.3) is 0 Å². The van der Waals surface area contributed by atoms with Crippen molar-refractivity contribution in [3.05, 3.63) is 29.8 Å². The number of likely N-dealkylation sites (tertiary alicyclic amines) is 1. The van der Waals surface area contributed by atoms with Gasteiger partial charge in [0.15, 0.2) is 0 Å². The first-order chi connectivity index (χ1) is 12.2. The van der Waals surface area contributed by atoms with Crippen LogP contribution in [-0.4, -0.2) is 47.4 Å². The van der Waals surface area contributed by atoms with Gasteiger partial charge in [0.25, 0.3) is 0 Å². The zero-order valence-corrected chi connectivity index (χ0v) is 15.2. The molecule has 2 aliphatic heterocycles. The third-order valence-electron chi connectivity index (χ3n) is 5.29. The molecule has 7 nitrogen and oxygen atoms in total. The van der Waals surface area contributed by atoms with Crippen molar-refractivity contribution in [2.75, 3.05) is 14.2 Å². The Labute approximate surface area is 150 Å². The molecule has 0 saturated carbocycles. The Morgan fingerprint density at radius 2 is 2.12 bits per heavy atom. The minimum Gasteiger partial charge on any atom is -0.468 e. The van der Waals surface area contributed by atoms with Crippen LogP contribution in [0.3, 0.4) is 0 Å². The summed E-state index contributed by atoms with van der Waals surface area (Å²) in [5.41, 5.74) is -1.17. The summed E-state index contributed by atoms with van der Waals surface area (Å²) >= 11 is 0. The number of hydrogen-bond acceptors (Lipinski definition) is 6. The van der Waals surface area contributed by atoms with Gasteiger partial charge in [0, 0.05) is 24.8 Å². The standard InChI is InChI=1S/C18H22FN3O4/c1-9(2)7-18(17(25)26-4)13-12(15(23)22(3)16(13)24)14(21-18)10-5-6-20-8-11(10)19/h5-6,8-9,12-14,21H,7H2,1-4H3/t12-,13-,14-,18-/m1/s1. The molecule has 2 saturated heterocycles. The fourth-order valence-electron chi connectivity index (χ4n) is 4.34. The number of methoxy groups -OCH3 is 1. The van der Waals surface area contributed by atoms with Crippen molar-refractivity contribution >= 4 is 17.8 Å². The largest absolute Gasteiger partial charge is 0.468 e. The van der Waals surface area contributed by atoms with Gasteiger partial charge in [-0.2, -0.15) is 0 Å². The molecule has 3 heterocycles. The number of nitrogens with one attached hydrogen (secondary N) is 1. The molecule has 1 aromatic rings. The second-order valence-corrected chi connectivity index (χ2v) is 7.32. The first kappa shape index (κ1) is 18.4. The average molecular weight is 363 g/mol. The molecule has 0 spiro atoms. The number of ether oxygens (including phenoxy) is 1. The zero-order valence-electron chi connectivity index (χ0n) is 15.2. The van der Waals surface area contributed by atoms with Gasteiger partial charge >= 0.3 is 5.97 Å². The molecular weight excluding hydrogens is 341 g/mol. The molecule has 8 heteroatoms. The molecule has 140 valence electrons. The summed E-state index contributed by atoms with van der Waals surface area (Å²) in [7, 11) is 2.63. The van der Waals surface area contributed by atoms with Gasteiger partial charge in [-0.1, -0.05) is 13.8 Å². The number of nitrogens with zero attached hydrogens (tertiary/aromatic N) is 2. The lowest BCUT2D eigenvalue weighted by atomic mass is 9.75. The van der Waals surface area contributed by atoms with Crippen molar-refractivity contribution in [3.8, 4) is 0 Å². The summed E-state index contributed by atoms with van der Waals surface area (Å²) in [5.74, 6) is -3.86. The van der Waals surface area contributed by atoms with E-state index < -0.39 is 47.0 Å². The molecular formula is C18H22FN3O4. The Bertz CT molecular complexity index is 769. The van der Waals surface area contributed by atoms with Gasteiger partial charge in [-0.3, -0.25) is 29.6 Å². The Morgan fingerprint density at radius 1 is 1.42 bits per heavy atom. The maximum Gasteiger partial charge on any atom is 0.326 e. The lowest BCUT2D eigenvalue weighted by Crippen LogP contribution is -2.56. The maximum absolute atomic E-state index is 14.4. The highest BCUT2D eigenvalue weighted by Crippen LogP contribution is 2.51. The minimum absolute atomic E-state index is 0.0390. The number of fused-ring (bicyclic) bond motifs is 1. The highest BCUT2D eigenvalue weighted by atomic mass is 19.1. The highest BCUT2D eigenvalue weighted by Gasteiger charge is 2.68. The molecule has 0 unspecified atom stereocenters. The molecule has 1 aromatic heterocycles. The number of carbonyl (C=O) groups excluding carboxylic acids is 3. The van der Waals surface area contributed by atoms with Crippen molar-refractivity contribution in [3.63, 3.8) is 0 Å². The lowest BCUT2D eigenvalue weighted by Gasteiger charge is -2.33. The fourth-order valence-corrected chi connectivity index (χ4v) is 4.34. The van der Waals surface area contributed by atoms with E-state index in [0.29, 0.717) is 0 Å². The van der Waals surface area contributed by atoms with Crippen LogP contribution < -0.4 is 5.32 Å². The van der Waals surface area contributed by atoms with Crippen LogP contribution in [0.1, 0.15) is 31.9 Å². The van der Waals surface area contributed by atoms with Crippen molar-refractivity contribution in [1.29, 1.82) is 0 Å². The number of amides is 2. The Hall–Kier alpha value is -2.35. The van der Waals surface area contributed by atoms with E-state index in [-0.39, 0.29) is 17.9 Å². The molecule has 2 aliphatic rings. The topological polar surface area (TPSA) is 88.6 Å². The molecule has 26 heavy (non-hydrogen) atoms. The number of imide groups is 1. The summed E-state index contributed by atoms with van der Waals surface area (Å²) in [6.45, 7) is 3.82. The van der Waals surface area contributed by atoms with E-state index >= 15 is 0 Å². The molecule has 0 bridgehead atoms. The van der Waals surface area contributed by atoms with Crippen LogP contribution >= 0.6 is 0 Å². The third-order valence-corrected chi connectivity index (χ3v) is 5.29. The van der Waals surface area contributed by atoms with Crippen molar-refractivity contribution < 1.29 is 23.5 Å². The van der Waals surface area contributed by atoms with Crippen molar-refractivity contribution in [1.82, 2.24) is 15.2 Å². The number of pyridine rings is 1. The number of esters is 1. The second kappa shape index (κ2) is 6.42. The van der Waals surface area contributed by atoms with Crippen LogP contribution in [0, 0.1) is 23.6 Å². The number of hydrogen-bond donors (Lipinski definition) is 1. The monoisotopic (exact) mass is 363 g/mol. The minimum atomic E-state index is -1.38. The predicted octanol–water partition coefficient (Wildman–Crippen LogP) is 1.05. The third kappa shape index (κ3) is 2.51. The van der Waals surface area contributed by atoms with Crippen LogP contribution in [0.5, 0.6) is 0 Å². The van der Waals surface area contributed by atoms with E-state index in [1.165, 1.54) is 26.4 Å². The number of carbonyl (C=O) groups is 3. The molecule has 0 aromatic carbocycles. The SMILES string of the molecule is COC(=O)[C@]1(CC(C)C)N[C@H](c2ccncc2F)[C@@H]2C(=O)N(C)C(=O)[C@@H]21. The summed E-state index contributed by atoms with van der Waals surface area (Å²) in [6, 6.07) is 0.644.